The maximum Gasteiger partial charge on any atom is 0.227 e. The van der Waals surface area contributed by atoms with E-state index in [1.54, 1.807) is 0 Å². The fourth-order valence-electron chi connectivity index (χ4n) is 9.43. The van der Waals surface area contributed by atoms with E-state index in [1.807, 2.05) is 24.3 Å². The number of para-hydroxylation sites is 4. The molecule has 0 amide bonds. The minimum Gasteiger partial charge on any atom is -0.436 e. The number of hydrogen-bond donors (Lipinski definition) is 0. The lowest BCUT2D eigenvalue weighted by Crippen LogP contribution is -2.14. The van der Waals surface area contributed by atoms with E-state index in [0.717, 1.165) is 22.4 Å². The zero-order chi connectivity index (χ0) is 37.1. The summed E-state index contributed by atoms with van der Waals surface area (Å²) in [4.78, 5) is 4.72. The van der Waals surface area contributed by atoms with Gasteiger partial charge in [-0.15, -0.1) is 0 Å². The molecule has 0 bridgehead atoms. The normalized spacial score (nSPS) is 13.3. The van der Waals surface area contributed by atoms with Crippen molar-refractivity contribution >= 4 is 54.7 Å². The van der Waals surface area contributed by atoms with E-state index in [1.165, 1.54) is 82.7 Å². The van der Waals surface area contributed by atoms with Crippen molar-refractivity contribution < 1.29 is 4.42 Å². The number of fused-ring (bicyclic) bond motifs is 10. The predicted octanol–water partition coefficient (Wildman–Crippen LogP) is 13.7. The molecule has 0 aliphatic heterocycles. The van der Waals surface area contributed by atoms with Crippen LogP contribution in [0, 0.1) is 0 Å². The SMILES string of the molecule is CC1(C)c2ccccc2-c2cc3c4cc(-c5ccc6c(c5)c5ccccc5n6-c5ccc(-c6nc7ccccc7o6)cc5)ccc4n(-c4ccccc4)c3cc21. The van der Waals surface area contributed by atoms with Gasteiger partial charge in [-0.3, -0.25) is 0 Å². The molecule has 56 heavy (non-hydrogen) atoms. The van der Waals surface area contributed by atoms with Crippen LogP contribution in [0.5, 0.6) is 0 Å². The van der Waals surface area contributed by atoms with Gasteiger partial charge in [0.1, 0.15) is 5.52 Å². The van der Waals surface area contributed by atoms with Gasteiger partial charge in [-0.25, -0.2) is 4.98 Å². The van der Waals surface area contributed by atoms with E-state index in [4.69, 9.17) is 9.40 Å². The van der Waals surface area contributed by atoms with Gasteiger partial charge in [-0.05, 0) is 124 Å². The van der Waals surface area contributed by atoms with Crippen LogP contribution in [-0.2, 0) is 5.41 Å². The van der Waals surface area contributed by atoms with E-state index in [2.05, 4.69) is 175 Å². The molecule has 0 atom stereocenters. The molecular formula is C52H35N3O. The van der Waals surface area contributed by atoms with Crippen LogP contribution in [0.2, 0.25) is 0 Å². The Kier molecular flexibility index (Phi) is 6.37. The summed E-state index contributed by atoms with van der Waals surface area (Å²) in [5.74, 6) is 0.631. The summed E-state index contributed by atoms with van der Waals surface area (Å²) in [5.41, 5.74) is 17.5. The summed E-state index contributed by atoms with van der Waals surface area (Å²) in [7, 11) is 0. The molecular weight excluding hydrogens is 683 g/mol. The summed E-state index contributed by atoms with van der Waals surface area (Å²) in [6.45, 7) is 4.72. The van der Waals surface area contributed by atoms with Crippen LogP contribution in [0.15, 0.2) is 180 Å². The molecule has 0 N–H and O–H groups in total. The smallest absolute Gasteiger partial charge is 0.227 e. The second-order valence-corrected chi connectivity index (χ2v) is 15.6. The first-order valence-corrected chi connectivity index (χ1v) is 19.3. The fraction of sp³-hybridized carbons (Fsp3) is 0.0577. The first kappa shape index (κ1) is 31.2. The summed E-state index contributed by atoms with van der Waals surface area (Å²) in [5, 5.41) is 4.99. The second kappa shape index (κ2) is 11.4. The maximum atomic E-state index is 6.08. The molecule has 12 rings (SSSR count). The first-order valence-electron chi connectivity index (χ1n) is 19.3. The van der Waals surface area contributed by atoms with Crippen LogP contribution in [0.25, 0.3) is 99.8 Å². The van der Waals surface area contributed by atoms with Gasteiger partial charge >= 0.3 is 0 Å². The number of nitrogens with zero attached hydrogens (tertiary/aromatic N) is 3. The lowest BCUT2D eigenvalue weighted by Gasteiger charge is -2.21. The molecule has 0 spiro atoms. The molecule has 264 valence electrons. The molecule has 3 heterocycles. The topological polar surface area (TPSA) is 35.9 Å². The number of oxazole rings is 1. The van der Waals surface area contributed by atoms with Crippen molar-refractivity contribution in [3.63, 3.8) is 0 Å². The van der Waals surface area contributed by atoms with E-state index < -0.39 is 0 Å². The summed E-state index contributed by atoms with van der Waals surface area (Å²) in [6, 6.07) is 63.7. The third-order valence-electron chi connectivity index (χ3n) is 12.2. The molecule has 11 aromatic rings. The summed E-state index contributed by atoms with van der Waals surface area (Å²) < 4.78 is 10.9. The highest BCUT2D eigenvalue weighted by molar-refractivity contribution is 6.14. The average Bonchev–Trinajstić information content (AvgIpc) is 3.98. The Bertz CT molecular complexity index is 3340. The van der Waals surface area contributed by atoms with Gasteiger partial charge in [0.25, 0.3) is 0 Å². The minimum absolute atomic E-state index is 0.0777. The molecule has 3 aromatic heterocycles. The van der Waals surface area contributed by atoms with Crippen molar-refractivity contribution in [1.29, 1.82) is 0 Å². The molecule has 8 aromatic carbocycles. The summed E-state index contributed by atoms with van der Waals surface area (Å²) in [6.07, 6.45) is 0. The molecule has 0 saturated heterocycles. The Morgan fingerprint density at radius 3 is 1.80 bits per heavy atom. The van der Waals surface area contributed by atoms with Gasteiger partial charge in [-0.1, -0.05) is 98.8 Å². The number of rotatable bonds is 4. The van der Waals surface area contributed by atoms with Crippen molar-refractivity contribution in [3.05, 3.63) is 187 Å². The lowest BCUT2D eigenvalue weighted by molar-refractivity contribution is 0.620. The molecule has 4 nitrogen and oxygen atoms in total. The molecule has 0 unspecified atom stereocenters. The first-order chi connectivity index (χ1) is 27.5. The number of hydrogen-bond acceptors (Lipinski definition) is 2. The maximum absolute atomic E-state index is 6.08. The Hall–Kier alpha value is -7.17. The van der Waals surface area contributed by atoms with E-state index in [-0.39, 0.29) is 5.41 Å². The molecule has 1 aliphatic rings. The van der Waals surface area contributed by atoms with E-state index in [9.17, 15) is 0 Å². The van der Waals surface area contributed by atoms with Crippen molar-refractivity contribution in [2.24, 2.45) is 0 Å². The second-order valence-electron chi connectivity index (χ2n) is 15.6. The zero-order valence-corrected chi connectivity index (χ0v) is 31.0. The summed E-state index contributed by atoms with van der Waals surface area (Å²) >= 11 is 0. The van der Waals surface area contributed by atoms with Crippen LogP contribution < -0.4 is 0 Å². The lowest BCUT2D eigenvalue weighted by atomic mass is 9.82. The van der Waals surface area contributed by atoms with E-state index >= 15 is 0 Å². The highest BCUT2D eigenvalue weighted by Crippen LogP contribution is 2.51. The molecule has 0 radical (unpaired) electrons. The zero-order valence-electron chi connectivity index (χ0n) is 31.0. The number of aromatic nitrogens is 3. The van der Waals surface area contributed by atoms with Gasteiger partial charge in [0.2, 0.25) is 5.89 Å². The Morgan fingerprint density at radius 1 is 0.429 bits per heavy atom. The monoisotopic (exact) mass is 717 g/mol. The van der Waals surface area contributed by atoms with Crippen LogP contribution in [0.4, 0.5) is 0 Å². The van der Waals surface area contributed by atoms with Crippen molar-refractivity contribution in [1.82, 2.24) is 14.1 Å². The standard InChI is InChI=1S/C52H35N3O/c1-52(2)43-16-8-6-14-37(43)39-30-42-41-29-34(23-27-48(41)55(49(42)31-44(39)52)35-12-4-3-5-13-35)33-22-26-47-40(28-33)38-15-7-10-18-46(38)54(47)36-24-20-32(21-25-36)51-53-45-17-9-11-19-50(45)56-51/h3-31H,1-2H3. The van der Waals surface area contributed by atoms with Gasteiger partial charge in [0.05, 0.1) is 22.1 Å². The Balaban J connectivity index is 1.02. The third kappa shape index (κ3) is 4.38. The quantitative estimate of drug-likeness (QED) is 0.182. The van der Waals surface area contributed by atoms with Crippen molar-refractivity contribution in [2.75, 3.05) is 0 Å². The highest BCUT2D eigenvalue weighted by atomic mass is 16.3. The van der Waals surface area contributed by atoms with Crippen LogP contribution in [0.3, 0.4) is 0 Å². The Morgan fingerprint density at radius 2 is 1.02 bits per heavy atom. The van der Waals surface area contributed by atoms with Gasteiger partial charge in [-0.2, -0.15) is 0 Å². The van der Waals surface area contributed by atoms with Crippen molar-refractivity contribution in [3.8, 4) is 45.1 Å². The van der Waals surface area contributed by atoms with E-state index in [0.29, 0.717) is 5.89 Å². The molecule has 0 fully saturated rings. The molecule has 4 heteroatoms. The van der Waals surface area contributed by atoms with Crippen LogP contribution in [0.1, 0.15) is 25.0 Å². The van der Waals surface area contributed by atoms with Crippen LogP contribution in [-0.4, -0.2) is 14.1 Å². The number of benzene rings is 8. The molecule has 1 aliphatic carbocycles. The Labute approximate surface area is 323 Å². The van der Waals surface area contributed by atoms with Gasteiger partial charge in [0, 0.05) is 43.9 Å². The highest BCUT2D eigenvalue weighted by Gasteiger charge is 2.36. The minimum atomic E-state index is -0.0777. The third-order valence-corrected chi connectivity index (χ3v) is 12.2. The predicted molar refractivity (Wildman–Crippen MR) is 231 cm³/mol. The largest absolute Gasteiger partial charge is 0.436 e. The van der Waals surface area contributed by atoms with Gasteiger partial charge in [0.15, 0.2) is 5.58 Å². The van der Waals surface area contributed by atoms with Gasteiger partial charge < -0.3 is 13.6 Å². The fourth-order valence-corrected chi connectivity index (χ4v) is 9.43. The average molecular weight is 718 g/mol. The molecule has 0 saturated carbocycles. The van der Waals surface area contributed by atoms with Crippen molar-refractivity contribution in [2.45, 2.75) is 19.3 Å². The van der Waals surface area contributed by atoms with Crippen LogP contribution >= 0.6 is 0 Å².